The summed E-state index contributed by atoms with van der Waals surface area (Å²) in [4.78, 5) is 11.9. The van der Waals surface area contributed by atoms with Crippen LogP contribution in [0.25, 0.3) is 0 Å². The molecule has 0 bridgehead atoms. The first kappa shape index (κ1) is 15.9. The van der Waals surface area contributed by atoms with Crippen molar-refractivity contribution in [3.63, 3.8) is 0 Å². The number of carbonyl (C=O) groups is 1. The molecule has 1 N–H and O–H groups in total. The zero-order valence-electron chi connectivity index (χ0n) is 13.6. The van der Waals surface area contributed by atoms with Crippen molar-refractivity contribution in [1.82, 2.24) is 5.32 Å². The lowest BCUT2D eigenvalue weighted by Gasteiger charge is -2.31. The van der Waals surface area contributed by atoms with Crippen LogP contribution in [0, 0.1) is 6.92 Å². The van der Waals surface area contributed by atoms with Crippen LogP contribution in [0.15, 0.2) is 24.3 Å². The van der Waals surface area contributed by atoms with Crippen LogP contribution in [0.2, 0.25) is 0 Å². The maximum absolute atomic E-state index is 11.9. The molecule has 1 aliphatic carbocycles. The molecule has 0 heterocycles. The molecule has 0 spiro atoms. The Labute approximate surface area is 128 Å². The molecule has 1 fully saturated rings. The first-order chi connectivity index (χ1) is 9.83. The minimum Gasteiger partial charge on any atom is -0.444 e. The van der Waals surface area contributed by atoms with Gasteiger partial charge in [0.1, 0.15) is 5.60 Å². The lowest BCUT2D eigenvalue weighted by atomic mass is 9.81. The summed E-state index contributed by atoms with van der Waals surface area (Å²) in [5.41, 5.74) is 2.26. The van der Waals surface area contributed by atoms with Crippen LogP contribution in [0.3, 0.4) is 0 Å². The average Bonchev–Trinajstić information content (AvgIpc) is 2.36. The molecule has 0 saturated heterocycles. The molecule has 1 saturated carbocycles. The molecule has 0 aromatic heterocycles. The van der Waals surface area contributed by atoms with Gasteiger partial charge in [-0.15, -0.1) is 0 Å². The summed E-state index contributed by atoms with van der Waals surface area (Å²) >= 11 is 0. The Kier molecular flexibility index (Phi) is 4.92. The lowest BCUT2D eigenvalue weighted by Crippen LogP contribution is -2.41. The van der Waals surface area contributed by atoms with Gasteiger partial charge >= 0.3 is 6.09 Å². The third-order valence-electron chi connectivity index (χ3n) is 3.91. The number of alkyl carbamates (subject to hydrolysis) is 1. The fourth-order valence-electron chi connectivity index (χ4n) is 3.02. The minimum atomic E-state index is -0.436. The highest BCUT2D eigenvalue weighted by atomic mass is 16.6. The highest BCUT2D eigenvalue weighted by molar-refractivity contribution is 5.68. The third-order valence-corrected chi connectivity index (χ3v) is 3.91. The van der Waals surface area contributed by atoms with E-state index in [1.165, 1.54) is 17.5 Å². The number of amides is 1. The Balaban J connectivity index is 1.93. The molecule has 0 aliphatic heterocycles. The Morgan fingerprint density at radius 2 is 2.05 bits per heavy atom. The summed E-state index contributed by atoms with van der Waals surface area (Å²) in [5, 5.41) is 3.03. The van der Waals surface area contributed by atoms with Gasteiger partial charge in [-0.1, -0.05) is 36.2 Å². The highest BCUT2D eigenvalue weighted by Gasteiger charge is 2.26. The maximum atomic E-state index is 11.9. The average molecular weight is 289 g/mol. The van der Waals surface area contributed by atoms with Crippen LogP contribution >= 0.6 is 0 Å². The Bertz CT molecular complexity index is 490. The number of carbonyl (C=O) groups excluding carboxylic acids is 1. The summed E-state index contributed by atoms with van der Waals surface area (Å²) in [6.07, 6.45) is 4.11. The predicted molar refractivity (Wildman–Crippen MR) is 85.5 cm³/mol. The minimum absolute atomic E-state index is 0.221. The fourth-order valence-corrected chi connectivity index (χ4v) is 3.02. The Morgan fingerprint density at radius 3 is 2.71 bits per heavy atom. The summed E-state index contributed by atoms with van der Waals surface area (Å²) < 4.78 is 5.35. The number of nitrogens with one attached hydrogen (secondary N) is 1. The van der Waals surface area contributed by atoms with E-state index >= 15 is 0 Å². The molecule has 2 rings (SSSR count). The number of ether oxygens (including phenoxy) is 1. The normalized spacial score (nSPS) is 22.7. The van der Waals surface area contributed by atoms with E-state index in [9.17, 15) is 4.79 Å². The fraction of sp³-hybridized carbons (Fsp3) is 0.611. The zero-order chi connectivity index (χ0) is 15.5. The molecule has 1 aromatic rings. The molecule has 1 aromatic carbocycles. The SMILES string of the molecule is Cc1cccc([C@H]2CCC[C@@H](NC(=O)OC(C)(C)C)C2)c1. The number of hydrogen-bond donors (Lipinski definition) is 1. The van der Waals surface area contributed by atoms with Crippen molar-refractivity contribution in [3.8, 4) is 0 Å². The van der Waals surface area contributed by atoms with Crippen molar-refractivity contribution < 1.29 is 9.53 Å². The highest BCUT2D eigenvalue weighted by Crippen LogP contribution is 2.33. The van der Waals surface area contributed by atoms with Crippen molar-refractivity contribution >= 4 is 6.09 Å². The molecular weight excluding hydrogens is 262 g/mol. The monoisotopic (exact) mass is 289 g/mol. The van der Waals surface area contributed by atoms with Crippen LogP contribution in [0.4, 0.5) is 4.79 Å². The Hall–Kier alpha value is -1.51. The zero-order valence-corrected chi connectivity index (χ0v) is 13.6. The molecule has 1 amide bonds. The quantitative estimate of drug-likeness (QED) is 0.867. The largest absolute Gasteiger partial charge is 0.444 e. The molecule has 0 radical (unpaired) electrons. The first-order valence-electron chi connectivity index (χ1n) is 7.89. The van der Waals surface area contributed by atoms with Gasteiger partial charge in [0, 0.05) is 6.04 Å². The van der Waals surface area contributed by atoms with Crippen molar-refractivity contribution in [1.29, 1.82) is 0 Å². The molecule has 116 valence electrons. The molecule has 0 unspecified atom stereocenters. The van der Waals surface area contributed by atoms with Gasteiger partial charge in [0.15, 0.2) is 0 Å². The van der Waals surface area contributed by atoms with E-state index in [0.717, 1.165) is 19.3 Å². The van der Waals surface area contributed by atoms with Crippen LogP contribution in [-0.4, -0.2) is 17.7 Å². The summed E-state index contributed by atoms with van der Waals surface area (Å²) in [6.45, 7) is 7.80. The Morgan fingerprint density at radius 1 is 1.29 bits per heavy atom. The van der Waals surface area contributed by atoms with E-state index < -0.39 is 5.60 Å². The topological polar surface area (TPSA) is 38.3 Å². The van der Waals surface area contributed by atoms with Gasteiger partial charge in [0.2, 0.25) is 0 Å². The van der Waals surface area contributed by atoms with E-state index in [1.54, 1.807) is 0 Å². The predicted octanol–water partition coefficient (Wildman–Crippen LogP) is 4.55. The van der Waals surface area contributed by atoms with Crippen molar-refractivity contribution in [2.24, 2.45) is 0 Å². The van der Waals surface area contributed by atoms with Crippen LogP contribution in [0.1, 0.15) is 63.5 Å². The van der Waals surface area contributed by atoms with Crippen LogP contribution in [0.5, 0.6) is 0 Å². The third kappa shape index (κ3) is 5.07. The van der Waals surface area contributed by atoms with E-state index in [4.69, 9.17) is 4.74 Å². The van der Waals surface area contributed by atoms with Crippen molar-refractivity contribution in [3.05, 3.63) is 35.4 Å². The second-order valence-corrected chi connectivity index (χ2v) is 7.12. The molecule has 3 heteroatoms. The van der Waals surface area contributed by atoms with Crippen LogP contribution in [-0.2, 0) is 4.74 Å². The van der Waals surface area contributed by atoms with Gasteiger partial charge in [-0.25, -0.2) is 4.79 Å². The molecular formula is C18H27NO2. The second kappa shape index (κ2) is 6.50. The molecule has 21 heavy (non-hydrogen) atoms. The van der Waals surface area contributed by atoms with Gasteiger partial charge in [-0.05, 0) is 58.4 Å². The van der Waals surface area contributed by atoms with E-state index in [1.807, 2.05) is 20.8 Å². The molecule has 2 atom stereocenters. The molecule has 3 nitrogen and oxygen atoms in total. The van der Waals surface area contributed by atoms with Gasteiger partial charge in [-0.3, -0.25) is 0 Å². The number of benzene rings is 1. The summed E-state index contributed by atoms with van der Waals surface area (Å²) in [7, 11) is 0. The van der Waals surface area contributed by atoms with E-state index in [-0.39, 0.29) is 12.1 Å². The van der Waals surface area contributed by atoms with E-state index in [2.05, 4.69) is 36.5 Å². The maximum Gasteiger partial charge on any atom is 0.407 e. The van der Waals surface area contributed by atoms with Gasteiger partial charge < -0.3 is 10.1 Å². The van der Waals surface area contributed by atoms with Gasteiger partial charge in [-0.2, -0.15) is 0 Å². The van der Waals surface area contributed by atoms with Crippen molar-refractivity contribution in [2.45, 2.75) is 70.9 Å². The van der Waals surface area contributed by atoms with Gasteiger partial charge in [0.05, 0.1) is 0 Å². The summed E-state index contributed by atoms with van der Waals surface area (Å²) in [5.74, 6) is 0.540. The summed E-state index contributed by atoms with van der Waals surface area (Å²) in [6, 6.07) is 8.94. The van der Waals surface area contributed by atoms with Gasteiger partial charge in [0.25, 0.3) is 0 Å². The van der Waals surface area contributed by atoms with Crippen LogP contribution < -0.4 is 5.32 Å². The number of aryl methyl sites for hydroxylation is 1. The van der Waals surface area contributed by atoms with Crippen molar-refractivity contribution in [2.75, 3.05) is 0 Å². The standard InChI is InChI=1S/C18H27NO2/c1-13-7-5-8-14(11-13)15-9-6-10-16(12-15)19-17(20)21-18(2,3)4/h5,7-8,11,15-16H,6,9-10,12H2,1-4H3,(H,19,20)/t15-,16+/m0/s1. The first-order valence-corrected chi connectivity index (χ1v) is 7.89. The number of rotatable bonds is 2. The molecule has 1 aliphatic rings. The smallest absolute Gasteiger partial charge is 0.407 e. The lowest BCUT2D eigenvalue weighted by molar-refractivity contribution is 0.0490. The number of hydrogen-bond acceptors (Lipinski definition) is 2. The second-order valence-electron chi connectivity index (χ2n) is 7.12. The van der Waals surface area contributed by atoms with E-state index in [0.29, 0.717) is 5.92 Å².